The highest BCUT2D eigenvalue weighted by Gasteiger charge is 2.09. The molecule has 2 rings (SSSR count). The third-order valence-corrected chi connectivity index (χ3v) is 1.51. The largest absolute Gasteiger partial charge is 0.397 e. The molecule has 0 fully saturated rings. The summed E-state index contributed by atoms with van der Waals surface area (Å²) in [6, 6.07) is 7.80. The number of benzene rings is 1. The molecule has 2 nitrogen and oxygen atoms in total. The van der Waals surface area contributed by atoms with Crippen molar-refractivity contribution in [1.82, 2.24) is 0 Å². The van der Waals surface area contributed by atoms with Crippen LogP contribution in [0.5, 0.6) is 0 Å². The predicted molar refractivity (Wildman–Crippen MR) is 42.5 cm³/mol. The fourth-order valence-corrected chi connectivity index (χ4v) is 0.917. The van der Waals surface area contributed by atoms with Crippen LogP contribution in [0, 0.1) is 0 Å². The average molecular weight is 132 g/mol. The standard InChI is InChI=1S/C8H8N2/c9-7-3-1-2-4-8(7)10-5-6-10/h1-6H,9H2. The van der Waals surface area contributed by atoms with Crippen LogP contribution in [0.15, 0.2) is 36.7 Å². The molecule has 0 saturated carbocycles. The van der Waals surface area contributed by atoms with Gasteiger partial charge in [-0.15, -0.1) is 0 Å². The molecule has 10 heavy (non-hydrogen) atoms. The van der Waals surface area contributed by atoms with Gasteiger partial charge in [-0.05, 0) is 12.1 Å². The van der Waals surface area contributed by atoms with Crippen LogP contribution in [-0.2, 0) is 0 Å². The zero-order chi connectivity index (χ0) is 6.97. The Kier molecular flexibility index (Phi) is 0.947. The van der Waals surface area contributed by atoms with Crippen LogP contribution in [0.3, 0.4) is 0 Å². The Labute approximate surface area is 59.6 Å². The van der Waals surface area contributed by atoms with Crippen molar-refractivity contribution in [1.29, 1.82) is 0 Å². The lowest BCUT2D eigenvalue weighted by Gasteiger charge is -2.04. The SMILES string of the molecule is Nc1ccccc1N1C=C1. The second kappa shape index (κ2) is 1.77. The third-order valence-electron chi connectivity index (χ3n) is 1.51. The maximum Gasteiger partial charge on any atom is 0.0681 e. The monoisotopic (exact) mass is 132 g/mol. The molecule has 2 heteroatoms. The minimum atomic E-state index is 0.826. The minimum absolute atomic E-state index is 0.826. The van der Waals surface area contributed by atoms with E-state index >= 15 is 0 Å². The van der Waals surface area contributed by atoms with E-state index in [1.807, 2.05) is 41.6 Å². The van der Waals surface area contributed by atoms with Crippen molar-refractivity contribution in [2.45, 2.75) is 0 Å². The molecule has 0 atom stereocenters. The van der Waals surface area contributed by atoms with Crippen LogP contribution in [0.2, 0.25) is 0 Å². The third kappa shape index (κ3) is 0.739. The number of para-hydroxylation sites is 2. The van der Waals surface area contributed by atoms with E-state index in [0.29, 0.717) is 0 Å². The molecule has 0 spiro atoms. The fourth-order valence-electron chi connectivity index (χ4n) is 0.917. The highest BCUT2D eigenvalue weighted by molar-refractivity contribution is 5.73. The normalized spacial score (nSPS) is 13.8. The van der Waals surface area contributed by atoms with Gasteiger partial charge in [0, 0.05) is 12.4 Å². The number of nitrogens with two attached hydrogens (primary N) is 1. The Balaban J connectivity index is 2.39. The van der Waals surface area contributed by atoms with Gasteiger partial charge in [0.2, 0.25) is 0 Å². The Morgan fingerprint density at radius 3 is 2.40 bits per heavy atom. The Hall–Kier alpha value is -1.44. The predicted octanol–water partition coefficient (Wildman–Crippen LogP) is 1.56. The van der Waals surface area contributed by atoms with Gasteiger partial charge in [0.15, 0.2) is 0 Å². The van der Waals surface area contributed by atoms with Gasteiger partial charge in [-0.3, -0.25) is 0 Å². The van der Waals surface area contributed by atoms with Gasteiger partial charge in [-0.2, -0.15) is 0 Å². The molecule has 0 amide bonds. The lowest BCUT2D eigenvalue weighted by Crippen LogP contribution is -1.95. The van der Waals surface area contributed by atoms with E-state index in [0.717, 1.165) is 11.4 Å². The summed E-state index contributed by atoms with van der Waals surface area (Å²) in [5.74, 6) is 0. The van der Waals surface area contributed by atoms with E-state index in [4.69, 9.17) is 5.73 Å². The minimum Gasteiger partial charge on any atom is -0.397 e. The smallest absolute Gasteiger partial charge is 0.0681 e. The second-order valence-electron chi connectivity index (χ2n) is 2.26. The number of hydrogen-bond acceptors (Lipinski definition) is 2. The first-order chi connectivity index (χ1) is 4.88. The number of nitrogen functional groups attached to an aromatic ring is 1. The van der Waals surface area contributed by atoms with Gasteiger partial charge in [0.1, 0.15) is 0 Å². The summed E-state index contributed by atoms with van der Waals surface area (Å²) in [5.41, 5.74) is 7.58. The molecule has 0 saturated heterocycles. The lowest BCUT2D eigenvalue weighted by atomic mass is 10.3. The van der Waals surface area contributed by atoms with Crippen molar-refractivity contribution >= 4 is 11.4 Å². The molecule has 2 N–H and O–H groups in total. The summed E-state index contributed by atoms with van der Waals surface area (Å²) in [7, 11) is 0. The molecule has 0 unspecified atom stereocenters. The fraction of sp³-hybridized carbons (Fsp3) is 0. The van der Waals surface area contributed by atoms with Crippen molar-refractivity contribution in [3.8, 4) is 0 Å². The van der Waals surface area contributed by atoms with Gasteiger partial charge in [-0.25, -0.2) is 0 Å². The summed E-state index contributed by atoms with van der Waals surface area (Å²) < 4.78 is 0. The maximum atomic E-state index is 5.68. The van der Waals surface area contributed by atoms with E-state index in [1.54, 1.807) is 0 Å². The zero-order valence-electron chi connectivity index (χ0n) is 5.49. The summed E-state index contributed by atoms with van der Waals surface area (Å²) in [6.07, 6.45) is 3.96. The zero-order valence-corrected chi connectivity index (χ0v) is 5.49. The second-order valence-corrected chi connectivity index (χ2v) is 2.26. The van der Waals surface area contributed by atoms with Crippen LogP contribution in [0.25, 0.3) is 0 Å². The number of nitrogens with zero attached hydrogens (tertiary/aromatic N) is 1. The quantitative estimate of drug-likeness (QED) is 0.587. The summed E-state index contributed by atoms with van der Waals surface area (Å²) in [6.45, 7) is 0. The van der Waals surface area contributed by atoms with Gasteiger partial charge in [0.05, 0.1) is 11.4 Å². The Morgan fingerprint density at radius 1 is 1.10 bits per heavy atom. The van der Waals surface area contributed by atoms with E-state index in [9.17, 15) is 0 Å². The van der Waals surface area contributed by atoms with Crippen molar-refractivity contribution < 1.29 is 0 Å². The topological polar surface area (TPSA) is 29.0 Å². The maximum absolute atomic E-state index is 5.68. The Morgan fingerprint density at radius 2 is 1.80 bits per heavy atom. The first-order valence-corrected chi connectivity index (χ1v) is 3.19. The van der Waals surface area contributed by atoms with Crippen LogP contribution in [0.1, 0.15) is 0 Å². The first kappa shape index (κ1) is 5.35. The molecule has 0 bridgehead atoms. The van der Waals surface area contributed by atoms with Crippen molar-refractivity contribution in [3.05, 3.63) is 36.7 Å². The highest BCUT2D eigenvalue weighted by atomic mass is 15.2. The summed E-state index contributed by atoms with van der Waals surface area (Å²) in [5, 5.41) is 0. The van der Waals surface area contributed by atoms with E-state index in [1.165, 1.54) is 0 Å². The summed E-state index contributed by atoms with van der Waals surface area (Å²) >= 11 is 0. The van der Waals surface area contributed by atoms with Crippen LogP contribution >= 0.6 is 0 Å². The molecule has 1 heterocycles. The first-order valence-electron chi connectivity index (χ1n) is 3.19. The number of anilines is 2. The van der Waals surface area contributed by atoms with Gasteiger partial charge in [0.25, 0.3) is 0 Å². The van der Waals surface area contributed by atoms with Crippen LogP contribution < -0.4 is 10.6 Å². The Bertz CT molecular complexity index is 272. The molecule has 1 aromatic rings. The molecule has 50 valence electrons. The molecule has 0 aromatic heterocycles. The molecule has 0 radical (unpaired) electrons. The molecular formula is C8H8N2. The highest BCUT2D eigenvalue weighted by Crippen LogP contribution is 2.27. The number of hydrogen-bond donors (Lipinski definition) is 1. The average Bonchev–Trinajstić information content (AvgIpc) is 2.71. The molecule has 1 aromatic carbocycles. The van der Waals surface area contributed by atoms with E-state index in [-0.39, 0.29) is 0 Å². The van der Waals surface area contributed by atoms with Crippen LogP contribution in [-0.4, -0.2) is 0 Å². The van der Waals surface area contributed by atoms with Gasteiger partial charge >= 0.3 is 0 Å². The number of rotatable bonds is 1. The van der Waals surface area contributed by atoms with Crippen molar-refractivity contribution in [2.75, 3.05) is 10.6 Å². The van der Waals surface area contributed by atoms with Crippen LogP contribution in [0.4, 0.5) is 11.4 Å². The van der Waals surface area contributed by atoms with Gasteiger partial charge in [-0.1, -0.05) is 12.1 Å². The van der Waals surface area contributed by atoms with Crippen molar-refractivity contribution in [3.63, 3.8) is 0 Å². The molecule has 1 aliphatic heterocycles. The lowest BCUT2D eigenvalue weighted by molar-refractivity contribution is 1.46. The van der Waals surface area contributed by atoms with Crippen molar-refractivity contribution in [2.24, 2.45) is 0 Å². The molecule has 0 aliphatic carbocycles. The van der Waals surface area contributed by atoms with E-state index in [2.05, 4.69) is 0 Å². The summed E-state index contributed by atoms with van der Waals surface area (Å²) in [4.78, 5) is 2.00. The van der Waals surface area contributed by atoms with Gasteiger partial charge < -0.3 is 10.6 Å². The molecular weight excluding hydrogens is 124 g/mol. The van der Waals surface area contributed by atoms with E-state index < -0.39 is 0 Å². The molecule has 1 aliphatic rings.